The Morgan fingerprint density at radius 2 is 2.03 bits per heavy atom. The summed E-state index contributed by atoms with van der Waals surface area (Å²) in [7, 11) is -3.22. The van der Waals surface area contributed by atoms with Gasteiger partial charge in [-0.15, -0.1) is 0 Å². The second kappa shape index (κ2) is 8.03. The van der Waals surface area contributed by atoms with Crippen LogP contribution in [-0.4, -0.2) is 37.1 Å². The van der Waals surface area contributed by atoms with E-state index in [0.717, 1.165) is 17.0 Å². The topological polar surface area (TPSA) is 101 Å². The molecule has 2 aromatic heterocycles. The molecule has 0 radical (unpaired) electrons. The van der Waals surface area contributed by atoms with Crippen molar-refractivity contribution in [3.8, 4) is 0 Å². The highest BCUT2D eigenvalue weighted by Gasteiger charge is 2.47. The summed E-state index contributed by atoms with van der Waals surface area (Å²) in [6.45, 7) is -0.231. The predicted molar refractivity (Wildman–Crippen MR) is 109 cm³/mol. The van der Waals surface area contributed by atoms with Crippen LogP contribution in [0.4, 0.5) is 27.6 Å². The lowest BCUT2D eigenvalue weighted by atomic mass is 10.1. The standard InChI is InChI=1S/C20H22F5N5O2S/c1-33(26,32)14-8-13(5-7-27-14)28-18(31)17-15(20(23,24)25)16(12-2-3-12)29-30(17)10-11-4-6-19(21,22)9-11/h5,7-8,11-12,26H,2-4,6,9-10H2,1H3,(H,27,28,31)/t11?,33-/m0/s1. The first kappa shape index (κ1) is 23.6. The van der Waals surface area contributed by atoms with E-state index < -0.39 is 57.2 Å². The lowest BCUT2D eigenvalue weighted by molar-refractivity contribution is -0.138. The van der Waals surface area contributed by atoms with Crippen LogP contribution in [-0.2, 0) is 22.5 Å². The van der Waals surface area contributed by atoms with Gasteiger partial charge in [-0.2, -0.15) is 18.3 Å². The van der Waals surface area contributed by atoms with Gasteiger partial charge in [0, 0.05) is 43.4 Å². The van der Waals surface area contributed by atoms with Gasteiger partial charge in [0.1, 0.15) is 16.3 Å². The van der Waals surface area contributed by atoms with E-state index in [4.69, 9.17) is 4.78 Å². The molecule has 2 N–H and O–H groups in total. The van der Waals surface area contributed by atoms with Gasteiger partial charge >= 0.3 is 6.18 Å². The quantitative estimate of drug-likeness (QED) is 0.562. The minimum atomic E-state index is -4.87. The highest BCUT2D eigenvalue weighted by molar-refractivity contribution is 7.91. The van der Waals surface area contributed by atoms with E-state index >= 15 is 0 Å². The number of halogens is 5. The van der Waals surface area contributed by atoms with Crippen LogP contribution in [0.15, 0.2) is 23.4 Å². The third-order valence-electron chi connectivity index (χ3n) is 5.77. The molecule has 4 rings (SSSR count). The molecule has 0 saturated heterocycles. The molecule has 0 aromatic carbocycles. The van der Waals surface area contributed by atoms with Gasteiger partial charge in [-0.1, -0.05) is 0 Å². The van der Waals surface area contributed by atoms with E-state index in [0.29, 0.717) is 12.8 Å². The summed E-state index contributed by atoms with van der Waals surface area (Å²) in [5, 5.41) is 6.27. The van der Waals surface area contributed by atoms with Crippen LogP contribution in [0.2, 0.25) is 0 Å². The summed E-state index contributed by atoms with van der Waals surface area (Å²) >= 11 is 0. The monoisotopic (exact) mass is 491 g/mol. The van der Waals surface area contributed by atoms with Gasteiger partial charge in [0.15, 0.2) is 0 Å². The van der Waals surface area contributed by atoms with E-state index in [1.807, 2.05) is 0 Å². The zero-order valence-electron chi connectivity index (χ0n) is 17.6. The predicted octanol–water partition coefficient (Wildman–Crippen LogP) is 4.90. The van der Waals surface area contributed by atoms with E-state index in [2.05, 4.69) is 15.4 Å². The Morgan fingerprint density at radius 3 is 2.58 bits per heavy atom. The number of anilines is 1. The summed E-state index contributed by atoms with van der Waals surface area (Å²) in [6, 6.07) is 2.44. The number of alkyl halides is 5. The Kier molecular flexibility index (Phi) is 5.74. The summed E-state index contributed by atoms with van der Waals surface area (Å²) in [4.78, 5) is 16.9. The minimum absolute atomic E-state index is 0.00747. The number of nitrogens with one attached hydrogen (secondary N) is 2. The van der Waals surface area contributed by atoms with Crippen molar-refractivity contribution in [2.75, 3.05) is 11.6 Å². The molecule has 2 aliphatic rings. The molecule has 2 atom stereocenters. The minimum Gasteiger partial charge on any atom is -0.320 e. The van der Waals surface area contributed by atoms with Gasteiger partial charge in [-0.3, -0.25) is 9.48 Å². The molecule has 33 heavy (non-hydrogen) atoms. The first-order valence-corrected chi connectivity index (χ1v) is 12.3. The van der Waals surface area contributed by atoms with Crippen LogP contribution in [0.3, 0.4) is 0 Å². The van der Waals surface area contributed by atoms with Crippen LogP contribution in [0.5, 0.6) is 0 Å². The fourth-order valence-electron chi connectivity index (χ4n) is 4.10. The molecule has 0 aliphatic heterocycles. The van der Waals surface area contributed by atoms with Crippen molar-refractivity contribution in [3.05, 3.63) is 35.3 Å². The zero-order valence-corrected chi connectivity index (χ0v) is 18.4. The number of hydrogen-bond acceptors (Lipinski definition) is 5. The maximum Gasteiger partial charge on any atom is 0.420 e. The fourth-order valence-corrected chi connectivity index (χ4v) is 4.71. The van der Waals surface area contributed by atoms with Crippen LogP contribution < -0.4 is 5.32 Å². The van der Waals surface area contributed by atoms with Gasteiger partial charge in [0.25, 0.3) is 5.91 Å². The van der Waals surface area contributed by atoms with Crippen molar-refractivity contribution in [2.24, 2.45) is 5.92 Å². The van der Waals surface area contributed by atoms with Crippen molar-refractivity contribution in [3.63, 3.8) is 0 Å². The molecule has 7 nitrogen and oxygen atoms in total. The van der Waals surface area contributed by atoms with Crippen LogP contribution >= 0.6 is 0 Å². The van der Waals surface area contributed by atoms with E-state index in [9.17, 15) is 31.0 Å². The van der Waals surface area contributed by atoms with E-state index in [1.165, 1.54) is 12.3 Å². The SMILES string of the molecule is C[S@](=N)(=O)c1cc(NC(=O)c2c(C(F)(F)F)c(C3CC3)nn2CC2CCC(F)(F)C2)ccn1. The number of hydrogen-bond donors (Lipinski definition) is 2. The van der Waals surface area contributed by atoms with Crippen molar-refractivity contribution >= 4 is 21.3 Å². The lowest BCUT2D eigenvalue weighted by Crippen LogP contribution is -2.24. The molecule has 0 spiro atoms. The van der Waals surface area contributed by atoms with Gasteiger partial charge in [-0.05, 0) is 37.3 Å². The molecule has 180 valence electrons. The summed E-state index contributed by atoms with van der Waals surface area (Å²) in [6.07, 6.45) is -2.27. The second-order valence-corrected chi connectivity index (χ2v) is 10.8. The first-order chi connectivity index (χ1) is 15.2. The normalized spacial score (nSPS) is 22.2. The Morgan fingerprint density at radius 1 is 1.33 bits per heavy atom. The average molecular weight is 491 g/mol. The van der Waals surface area contributed by atoms with E-state index in [-0.39, 0.29) is 35.8 Å². The number of aromatic nitrogens is 3. The number of pyridine rings is 1. The Bertz CT molecular complexity index is 1190. The molecular weight excluding hydrogens is 469 g/mol. The van der Waals surface area contributed by atoms with Crippen LogP contribution in [0, 0.1) is 10.7 Å². The van der Waals surface area contributed by atoms with Crippen molar-refractivity contribution < 1.29 is 31.0 Å². The first-order valence-electron chi connectivity index (χ1n) is 10.3. The van der Waals surface area contributed by atoms with Gasteiger partial charge in [-0.25, -0.2) is 22.8 Å². The second-order valence-electron chi connectivity index (χ2n) is 8.71. The van der Waals surface area contributed by atoms with Gasteiger partial charge < -0.3 is 5.32 Å². The molecular formula is C20H22F5N5O2S. The number of carbonyl (C=O) groups excluding carboxylic acids is 1. The molecule has 2 aliphatic carbocycles. The molecule has 2 aromatic rings. The molecule has 2 fully saturated rings. The molecule has 1 amide bonds. The van der Waals surface area contributed by atoms with E-state index in [1.54, 1.807) is 0 Å². The maximum atomic E-state index is 14.0. The highest BCUT2D eigenvalue weighted by atomic mass is 32.2. The van der Waals surface area contributed by atoms with Gasteiger partial charge in [0.2, 0.25) is 5.92 Å². The summed E-state index contributed by atoms with van der Waals surface area (Å²) < 4.78 is 89.9. The molecule has 0 bridgehead atoms. The Hall–Kier alpha value is -2.57. The zero-order chi connectivity index (χ0) is 24.2. The summed E-state index contributed by atoms with van der Waals surface area (Å²) in [5.74, 6) is -5.04. The molecule has 13 heteroatoms. The summed E-state index contributed by atoms with van der Waals surface area (Å²) in [5.41, 5.74) is -2.12. The van der Waals surface area contributed by atoms with Crippen molar-refractivity contribution in [1.82, 2.24) is 14.8 Å². The highest BCUT2D eigenvalue weighted by Crippen LogP contribution is 2.47. The Balaban J connectivity index is 1.73. The number of rotatable bonds is 6. The van der Waals surface area contributed by atoms with Crippen LogP contribution in [0.25, 0.3) is 0 Å². The smallest absolute Gasteiger partial charge is 0.320 e. The molecule has 2 saturated carbocycles. The average Bonchev–Trinajstić information content (AvgIpc) is 3.37. The molecule has 1 unspecified atom stereocenters. The number of carbonyl (C=O) groups is 1. The number of amides is 1. The molecule has 2 heterocycles. The van der Waals surface area contributed by atoms with Gasteiger partial charge in [0.05, 0.1) is 15.4 Å². The number of nitrogens with zero attached hydrogens (tertiary/aromatic N) is 3. The van der Waals surface area contributed by atoms with Crippen LogP contribution in [0.1, 0.15) is 59.8 Å². The van der Waals surface area contributed by atoms with Crippen molar-refractivity contribution in [2.45, 2.75) is 61.7 Å². The lowest BCUT2D eigenvalue weighted by Gasteiger charge is -2.15. The van der Waals surface area contributed by atoms with Crippen molar-refractivity contribution in [1.29, 1.82) is 4.78 Å². The third-order valence-corrected chi connectivity index (χ3v) is 6.79. The maximum absolute atomic E-state index is 14.0. The largest absolute Gasteiger partial charge is 0.420 e. The Labute approximate surface area is 186 Å². The third kappa shape index (κ3) is 5.17. The fraction of sp³-hybridized carbons (Fsp3) is 0.550.